The maximum absolute atomic E-state index is 10.3. The molecule has 0 fully saturated rings. The minimum absolute atomic E-state index is 0.127. The first-order chi connectivity index (χ1) is 8.84. The number of nitrogens with one attached hydrogen (secondary N) is 1. The highest BCUT2D eigenvalue weighted by Crippen LogP contribution is 2.31. The molecule has 0 aliphatic heterocycles. The summed E-state index contributed by atoms with van der Waals surface area (Å²) < 4.78 is 0. The Hall–Kier alpha value is -1.64. The standard InChI is InChI=1S/C16H17NO/c18-16-14-9-5-4-8-13(14)10-15(16)17-11-12-6-2-1-3-7-12/h1-9,15-18H,10-11H2. The molecule has 2 aromatic carbocycles. The van der Waals surface area contributed by atoms with Gasteiger partial charge < -0.3 is 10.4 Å². The van der Waals surface area contributed by atoms with Crippen LogP contribution in [0.2, 0.25) is 0 Å². The molecule has 0 aromatic heterocycles. The van der Waals surface area contributed by atoms with Gasteiger partial charge in [0.05, 0.1) is 6.10 Å². The van der Waals surface area contributed by atoms with Gasteiger partial charge in [0, 0.05) is 12.6 Å². The molecule has 0 spiro atoms. The van der Waals surface area contributed by atoms with E-state index in [0.29, 0.717) is 0 Å². The Balaban J connectivity index is 1.66. The first-order valence-corrected chi connectivity index (χ1v) is 6.38. The second-order valence-corrected chi connectivity index (χ2v) is 4.82. The monoisotopic (exact) mass is 239 g/mol. The molecular formula is C16H17NO. The average Bonchev–Trinajstić information content (AvgIpc) is 2.75. The second kappa shape index (κ2) is 4.92. The molecule has 1 aliphatic carbocycles. The number of rotatable bonds is 3. The molecule has 0 saturated carbocycles. The zero-order chi connectivity index (χ0) is 12.4. The van der Waals surface area contributed by atoms with Crippen LogP contribution >= 0.6 is 0 Å². The van der Waals surface area contributed by atoms with Gasteiger partial charge in [-0.15, -0.1) is 0 Å². The van der Waals surface area contributed by atoms with Crippen molar-refractivity contribution in [1.82, 2.24) is 5.32 Å². The van der Waals surface area contributed by atoms with E-state index in [1.54, 1.807) is 0 Å². The number of fused-ring (bicyclic) bond motifs is 1. The van der Waals surface area contributed by atoms with E-state index in [2.05, 4.69) is 23.5 Å². The molecule has 2 heteroatoms. The van der Waals surface area contributed by atoms with Gasteiger partial charge in [0.2, 0.25) is 0 Å². The van der Waals surface area contributed by atoms with Crippen molar-refractivity contribution in [2.24, 2.45) is 0 Å². The molecule has 0 heterocycles. The average molecular weight is 239 g/mol. The van der Waals surface area contributed by atoms with Gasteiger partial charge >= 0.3 is 0 Å². The fourth-order valence-electron chi connectivity index (χ4n) is 2.60. The lowest BCUT2D eigenvalue weighted by Gasteiger charge is -2.17. The van der Waals surface area contributed by atoms with E-state index in [1.807, 2.05) is 36.4 Å². The summed E-state index contributed by atoms with van der Waals surface area (Å²) in [6.45, 7) is 0.802. The minimum atomic E-state index is -0.384. The van der Waals surface area contributed by atoms with Crippen LogP contribution in [0, 0.1) is 0 Å². The van der Waals surface area contributed by atoms with Crippen LogP contribution in [-0.2, 0) is 13.0 Å². The van der Waals surface area contributed by atoms with Gasteiger partial charge in [0.25, 0.3) is 0 Å². The Morgan fingerprint density at radius 1 is 1.00 bits per heavy atom. The fraction of sp³-hybridized carbons (Fsp3) is 0.250. The number of hydrogen-bond acceptors (Lipinski definition) is 2. The number of benzene rings is 2. The Kier molecular flexibility index (Phi) is 3.13. The first-order valence-electron chi connectivity index (χ1n) is 6.38. The van der Waals surface area contributed by atoms with Crippen molar-refractivity contribution in [2.75, 3.05) is 0 Å². The van der Waals surface area contributed by atoms with Gasteiger partial charge in [-0.25, -0.2) is 0 Å². The minimum Gasteiger partial charge on any atom is -0.387 e. The van der Waals surface area contributed by atoms with Crippen molar-refractivity contribution >= 4 is 0 Å². The Bertz CT molecular complexity index is 524. The summed E-state index contributed by atoms with van der Waals surface area (Å²) in [6, 6.07) is 18.6. The molecular weight excluding hydrogens is 222 g/mol. The van der Waals surface area contributed by atoms with Crippen LogP contribution in [0.3, 0.4) is 0 Å². The molecule has 0 radical (unpaired) electrons. The van der Waals surface area contributed by atoms with Crippen LogP contribution in [0.15, 0.2) is 54.6 Å². The van der Waals surface area contributed by atoms with Crippen LogP contribution in [0.5, 0.6) is 0 Å². The van der Waals surface area contributed by atoms with E-state index < -0.39 is 0 Å². The maximum atomic E-state index is 10.3. The smallest absolute Gasteiger partial charge is 0.0948 e. The van der Waals surface area contributed by atoms with Gasteiger partial charge in [0.15, 0.2) is 0 Å². The molecule has 0 bridgehead atoms. The summed E-state index contributed by atoms with van der Waals surface area (Å²) in [5.41, 5.74) is 3.58. The van der Waals surface area contributed by atoms with Gasteiger partial charge in [-0.1, -0.05) is 54.6 Å². The topological polar surface area (TPSA) is 32.3 Å². The SMILES string of the molecule is OC1c2ccccc2CC1NCc1ccccc1. The molecule has 18 heavy (non-hydrogen) atoms. The highest BCUT2D eigenvalue weighted by atomic mass is 16.3. The molecule has 1 aliphatic rings. The van der Waals surface area contributed by atoms with Crippen LogP contribution < -0.4 is 5.32 Å². The van der Waals surface area contributed by atoms with Crippen molar-refractivity contribution in [3.63, 3.8) is 0 Å². The molecule has 2 nitrogen and oxygen atoms in total. The Morgan fingerprint density at radius 3 is 2.50 bits per heavy atom. The first kappa shape index (κ1) is 11.5. The van der Waals surface area contributed by atoms with Gasteiger partial charge in [-0.3, -0.25) is 0 Å². The quantitative estimate of drug-likeness (QED) is 0.862. The summed E-state index contributed by atoms with van der Waals surface area (Å²) in [6.07, 6.45) is 0.523. The number of aliphatic hydroxyl groups is 1. The van der Waals surface area contributed by atoms with E-state index >= 15 is 0 Å². The van der Waals surface area contributed by atoms with Gasteiger partial charge in [-0.05, 0) is 23.1 Å². The summed E-state index contributed by atoms with van der Waals surface area (Å²) >= 11 is 0. The maximum Gasteiger partial charge on any atom is 0.0948 e. The summed E-state index contributed by atoms with van der Waals surface area (Å²) in [7, 11) is 0. The fourth-order valence-corrected chi connectivity index (χ4v) is 2.60. The second-order valence-electron chi connectivity index (χ2n) is 4.82. The highest BCUT2D eigenvalue weighted by Gasteiger charge is 2.29. The zero-order valence-electron chi connectivity index (χ0n) is 10.2. The Labute approximate surface area is 107 Å². The molecule has 2 atom stereocenters. The lowest BCUT2D eigenvalue weighted by molar-refractivity contribution is 0.141. The van der Waals surface area contributed by atoms with Crippen molar-refractivity contribution in [2.45, 2.75) is 25.1 Å². The van der Waals surface area contributed by atoms with E-state index in [9.17, 15) is 5.11 Å². The number of aliphatic hydroxyl groups excluding tert-OH is 1. The van der Waals surface area contributed by atoms with E-state index in [4.69, 9.17) is 0 Å². The van der Waals surface area contributed by atoms with Crippen LogP contribution in [0.4, 0.5) is 0 Å². The number of hydrogen-bond donors (Lipinski definition) is 2. The lowest BCUT2D eigenvalue weighted by atomic mass is 10.1. The van der Waals surface area contributed by atoms with Gasteiger partial charge in [-0.2, -0.15) is 0 Å². The van der Waals surface area contributed by atoms with E-state index in [-0.39, 0.29) is 12.1 Å². The molecule has 92 valence electrons. The van der Waals surface area contributed by atoms with Crippen molar-refractivity contribution in [1.29, 1.82) is 0 Å². The molecule has 2 unspecified atom stereocenters. The molecule has 2 aromatic rings. The van der Waals surface area contributed by atoms with Crippen LogP contribution in [0.1, 0.15) is 22.8 Å². The predicted molar refractivity (Wildman–Crippen MR) is 72.2 cm³/mol. The van der Waals surface area contributed by atoms with Crippen LogP contribution in [0.25, 0.3) is 0 Å². The third kappa shape index (κ3) is 2.17. The third-order valence-corrected chi connectivity index (χ3v) is 3.61. The predicted octanol–water partition coefficient (Wildman–Crippen LogP) is 2.43. The molecule has 0 saturated heterocycles. The summed E-state index contributed by atoms with van der Waals surface area (Å²) in [4.78, 5) is 0. The zero-order valence-corrected chi connectivity index (χ0v) is 10.2. The largest absolute Gasteiger partial charge is 0.387 e. The molecule has 0 amide bonds. The highest BCUT2D eigenvalue weighted by molar-refractivity contribution is 5.35. The van der Waals surface area contributed by atoms with E-state index in [0.717, 1.165) is 18.5 Å². The van der Waals surface area contributed by atoms with Crippen LogP contribution in [-0.4, -0.2) is 11.1 Å². The third-order valence-electron chi connectivity index (χ3n) is 3.61. The summed E-state index contributed by atoms with van der Waals surface area (Å²) in [5, 5.41) is 13.7. The van der Waals surface area contributed by atoms with E-state index in [1.165, 1.54) is 11.1 Å². The van der Waals surface area contributed by atoms with Gasteiger partial charge in [0.1, 0.15) is 0 Å². The lowest BCUT2D eigenvalue weighted by Crippen LogP contribution is -2.32. The summed E-state index contributed by atoms with van der Waals surface area (Å²) in [5.74, 6) is 0. The van der Waals surface area contributed by atoms with Crippen molar-refractivity contribution in [3.05, 3.63) is 71.3 Å². The normalized spacial score (nSPS) is 21.8. The molecule has 2 N–H and O–H groups in total. The Morgan fingerprint density at radius 2 is 1.72 bits per heavy atom. The molecule has 3 rings (SSSR count). The van der Waals surface area contributed by atoms with Crippen molar-refractivity contribution in [3.8, 4) is 0 Å². The van der Waals surface area contributed by atoms with Crippen molar-refractivity contribution < 1.29 is 5.11 Å².